The first kappa shape index (κ1) is 18.6. The lowest BCUT2D eigenvalue weighted by atomic mass is 10.2. The number of nitrogens with zero attached hydrogens (tertiary/aromatic N) is 1. The van der Waals surface area contributed by atoms with Crippen molar-refractivity contribution >= 4 is 40.8 Å². The highest BCUT2D eigenvalue weighted by Gasteiger charge is 2.11. The summed E-state index contributed by atoms with van der Waals surface area (Å²) < 4.78 is 10.0. The predicted octanol–water partition coefficient (Wildman–Crippen LogP) is 3.43. The molecule has 0 aromatic heterocycles. The number of nitriles is 1. The van der Waals surface area contributed by atoms with E-state index in [-0.39, 0.29) is 10.8 Å². The van der Waals surface area contributed by atoms with Gasteiger partial charge in [0.05, 0.1) is 16.3 Å². The lowest BCUT2D eigenvalue weighted by Gasteiger charge is -2.09. The van der Waals surface area contributed by atoms with Crippen molar-refractivity contribution in [1.82, 2.24) is 0 Å². The van der Waals surface area contributed by atoms with Gasteiger partial charge in [-0.15, -0.1) is 0 Å². The van der Waals surface area contributed by atoms with Crippen LogP contribution < -0.4 is 10.1 Å². The van der Waals surface area contributed by atoms with E-state index in [9.17, 15) is 9.59 Å². The number of hydrogen-bond donors (Lipinski definition) is 1. The quantitative estimate of drug-likeness (QED) is 0.777. The number of amides is 1. The molecule has 0 atom stereocenters. The Labute approximate surface area is 153 Å². The van der Waals surface area contributed by atoms with Gasteiger partial charge in [0.15, 0.2) is 13.2 Å². The molecule has 2 aromatic rings. The summed E-state index contributed by atoms with van der Waals surface area (Å²) >= 11 is 11.7. The maximum Gasteiger partial charge on any atom is 0.344 e. The summed E-state index contributed by atoms with van der Waals surface area (Å²) in [6.07, 6.45) is 0. The van der Waals surface area contributed by atoms with Gasteiger partial charge >= 0.3 is 5.97 Å². The highest BCUT2D eigenvalue weighted by atomic mass is 35.5. The molecule has 128 valence electrons. The molecule has 0 spiro atoms. The molecule has 1 N–H and O–H groups in total. The molecular weight excluding hydrogens is 367 g/mol. The number of esters is 1. The first-order chi connectivity index (χ1) is 12.0. The van der Waals surface area contributed by atoms with Gasteiger partial charge in [0.1, 0.15) is 11.8 Å². The van der Waals surface area contributed by atoms with Crippen molar-refractivity contribution < 1.29 is 19.1 Å². The molecular formula is C17H12Cl2N2O4. The summed E-state index contributed by atoms with van der Waals surface area (Å²) in [6, 6.07) is 13.0. The maximum atomic E-state index is 11.8. The molecule has 6 nitrogen and oxygen atoms in total. The average molecular weight is 379 g/mol. The minimum Gasteiger partial charge on any atom is -0.481 e. The molecule has 0 saturated heterocycles. The normalized spacial score (nSPS) is 9.80. The fourth-order valence-electron chi connectivity index (χ4n) is 1.79. The van der Waals surface area contributed by atoms with E-state index in [1.807, 2.05) is 6.07 Å². The van der Waals surface area contributed by atoms with E-state index in [0.717, 1.165) is 0 Å². The molecule has 2 rings (SSSR count). The molecule has 0 aliphatic carbocycles. The number of hydrogen-bond acceptors (Lipinski definition) is 5. The van der Waals surface area contributed by atoms with E-state index >= 15 is 0 Å². The molecule has 0 aliphatic heterocycles. The van der Waals surface area contributed by atoms with Crippen molar-refractivity contribution in [3.05, 3.63) is 58.1 Å². The van der Waals surface area contributed by atoms with Crippen LogP contribution in [0.25, 0.3) is 0 Å². The monoisotopic (exact) mass is 378 g/mol. The molecule has 0 unspecified atom stereocenters. The smallest absolute Gasteiger partial charge is 0.344 e. The number of benzene rings is 2. The van der Waals surface area contributed by atoms with Crippen LogP contribution in [-0.4, -0.2) is 25.1 Å². The summed E-state index contributed by atoms with van der Waals surface area (Å²) in [5, 5.41) is 12.1. The van der Waals surface area contributed by atoms with Gasteiger partial charge in [0.25, 0.3) is 5.91 Å². The summed E-state index contributed by atoms with van der Waals surface area (Å²) in [5.74, 6) is -1.04. The number of ether oxygens (including phenoxy) is 2. The van der Waals surface area contributed by atoms with E-state index in [1.54, 1.807) is 30.3 Å². The molecule has 0 radical (unpaired) electrons. The van der Waals surface area contributed by atoms with Crippen molar-refractivity contribution in [2.24, 2.45) is 0 Å². The lowest BCUT2D eigenvalue weighted by Crippen LogP contribution is -2.23. The van der Waals surface area contributed by atoms with Crippen LogP contribution in [0.1, 0.15) is 5.56 Å². The molecule has 0 saturated carbocycles. The van der Waals surface area contributed by atoms with Gasteiger partial charge < -0.3 is 14.8 Å². The van der Waals surface area contributed by atoms with Crippen LogP contribution in [0.15, 0.2) is 42.5 Å². The van der Waals surface area contributed by atoms with Crippen LogP contribution in [0.3, 0.4) is 0 Å². The fourth-order valence-corrected chi connectivity index (χ4v) is 2.24. The molecule has 8 heteroatoms. The number of nitrogens with one attached hydrogen (secondary N) is 1. The number of anilines is 1. The third-order valence-corrected chi connectivity index (χ3v) is 3.47. The van der Waals surface area contributed by atoms with Gasteiger partial charge in [-0.3, -0.25) is 4.79 Å². The molecule has 2 aromatic carbocycles. The number of halogens is 2. The molecule has 0 heterocycles. The Balaban J connectivity index is 1.79. The lowest BCUT2D eigenvalue weighted by molar-refractivity contribution is -0.149. The molecule has 0 aliphatic rings. The van der Waals surface area contributed by atoms with E-state index in [2.05, 4.69) is 5.32 Å². The zero-order valence-electron chi connectivity index (χ0n) is 12.8. The van der Waals surface area contributed by atoms with Crippen molar-refractivity contribution in [2.45, 2.75) is 0 Å². The molecule has 0 bridgehead atoms. The van der Waals surface area contributed by atoms with Crippen LogP contribution in [0, 0.1) is 11.3 Å². The van der Waals surface area contributed by atoms with Crippen molar-refractivity contribution in [3.8, 4) is 11.8 Å². The van der Waals surface area contributed by atoms with Gasteiger partial charge in [-0.25, -0.2) is 4.79 Å². The number of carbonyl (C=O) groups is 2. The summed E-state index contributed by atoms with van der Waals surface area (Å²) in [6.45, 7) is -0.922. The first-order valence-electron chi connectivity index (χ1n) is 7.02. The predicted molar refractivity (Wildman–Crippen MR) is 92.7 cm³/mol. The Morgan fingerprint density at radius 2 is 1.88 bits per heavy atom. The second-order valence-corrected chi connectivity index (χ2v) is 5.57. The van der Waals surface area contributed by atoms with Crippen LogP contribution in [-0.2, 0) is 14.3 Å². The number of para-hydroxylation sites is 1. The average Bonchev–Trinajstić information content (AvgIpc) is 2.60. The van der Waals surface area contributed by atoms with Crippen LogP contribution in [0.2, 0.25) is 10.0 Å². The molecule has 25 heavy (non-hydrogen) atoms. The second kappa shape index (κ2) is 8.92. The highest BCUT2D eigenvalue weighted by Crippen LogP contribution is 2.25. The molecule has 1 amide bonds. The Morgan fingerprint density at radius 1 is 1.12 bits per heavy atom. The zero-order chi connectivity index (χ0) is 18.2. The van der Waals surface area contributed by atoms with Gasteiger partial charge in [0, 0.05) is 5.02 Å². The SMILES string of the molecule is N#Cc1ccccc1OCC(=O)OCC(=O)Nc1ccc(Cl)cc1Cl. The number of carbonyl (C=O) groups excluding carboxylic acids is 2. The van der Waals surface area contributed by atoms with Gasteiger partial charge in [0.2, 0.25) is 0 Å². The Hall–Kier alpha value is -2.75. The van der Waals surface area contributed by atoms with Gasteiger partial charge in [-0.05, 0) is 30.3 Å². The van der Waals surface area contributed by atoms with Crippen molar-refractivity contribution in [3.63, 3.8) is 0 Å². The van der Waals surface area contributed by atoms with Crippen LogP contribution >= 0.6 is 23.2 Å². The Kier molecular flexibility index (Phi) is 6.63. The van der Waals surface area contributed by atoms with Gasteiger partial charge in [-0.2, -0.15) is 5.26 Å². The maximum absolute atomic E-state index is 11.8. The minimum atomic E-state index is -0.745. The topological polar surface area (TPSA) is 88.4 Å². The minimum absolute atomic E-state index is 0.263. The van der Waals surface area contributed by atoms with Crippen molar-refractivity contribution in [1.29, 1.82) is 5.26 Å². The molecule has 0 fully saturated rings. The van der Waals surface area contributed by atoms with E-state index in [1.165, 1.54) is 12.1 Å². The van der Waals surface area contributed by atoms with E-state index in [4.69, 9.17) is 37.9 Å². The first-order valence-corrected chi connectivity index (χ1v) is 7.77. The van der Waals surface area contributed by atoms with E-state index < -0.39 is 25.1 Å². The second-order valence-electron chi connectivity index (χ2n) is 4.73. The Bertz CT molecular complexity index is 834. The highest BCUT2D eigenvalue weighted by molar-refractivity contribution is 6.36. The zero-order valence-corrected chi connectivity index (χ0v) is 14.3. The van der Waals surface area contributed by atoms with Gasteiger partial charge in [-0.1, -0.05) is 35.3 Å². The standard InChI is InChI=1S/C17H12Cl2N2O4/c18-12-5-6-14(13(19)7-12)21-16(22)9-25-17(23)10-24-15-4-2-1-3-11(15)8-20/h1-7H,9-10H2,(H,21,22). The summed E-state index contributed by atoms with van der Waals surface area (Å²) in [4.78, 5) is 23.4. The van der Waals surface area contributed by atoms with E-state index in [0.29, 0.717) is 16.3 Å². The summed E-state index contributed by atoms with van der Waals surface area (Å²) in [7, 11) is 0. The third kappa shape index (κ3) is 5.68. The largest absolute Gasteiger partial charge is 0.481 e. The number of rotatable bonds is 6. The third-order valence-electron chi connectivity index (χ3n) is 2.92. The Morgan fingerprint density at radius 3 is 2.60 bits per heavy atom. The van der Waals surface area contributed by atoms with Crippen LogP contribution in [0.5, 0.6) is 5.75 Å². The van der Waals surface area contributed by atoms with Crippen molar-refractivity contribution in [2.75, 3.05) is 18.5 Å². The summed E-state index contributed by atoms with van der Waals surface area (Å²) in [5.41, 5.74) is 0.650. The fraction of sp³-hybridized carbons (Fsp3) is 0.118. The van der Waals surface area contributed by atoms with Crippen LogP contribution in [0.4, 0.5) is 5.69 Å².